The fourth-order valence-corrected chi connectivity index (χ4v) is 9.00. The Morgan fingerprint density at radius 3 is 1.21 bits per heavy atom. The molecule has 7 rings (SSSR count). The first-order valence-electron chi connectivity index (χ1n) is 16.9. The second-order valence-corrected chi connectivity index (χ2v) is 16.1. The number of carbonyl (C=O) groups is 4. The summed E-state index contributed by atoms with van der Waals surface area (Å²) in [4.78, 5) is 53.1. The molecule has 3 aromatic rings. The first kappa shape index (κ1) is 32.1. The van der Waals surface area contributed by atoms with Crippen molar-refractivity contribution >= 4 is 45.4 Å². The summed E-state index contributed by atoms with van der Waals surface area (Å²) in [5.41, 5.74) is 0.855. The molecule has 2 saturated carbocycles. The Morgan fingerprint density at radius 2 is 0.896 bits per heavy atom. The summed E-state index contributed by atoms with van der Waals surface area (Å²) in [7, 11) is 0. The van der Waals surface area contributed by atoms with E-state index in [0.29, 0.717) is 45.9 Å². The summed E-state index contributed by atoms with van der Waals surface area (Å²) in [6, 6.07) is 11.4. The molecule has 48 heavy (non-hydrogen) atoms. The number of fused-ring (bicyclic) bond motifs is 6. The van der Waals surface area contributed by atoms with Crippen LogP contribution in [0.4, 0.5) is 0 Å². The fraction of sp³-hybridized carbons (Fsp3) is 0.450. The van der Waals surface area contributed by atoms with Crippen LogP contribution in [0.2, 0.25) is 0 Å². The standard InChI is InChI=1S/C40H42O8/c1-39(2,3)25-11-7-9-23-31(25)33(47-37(45)29-21-15-13-19(17-21)27(29)35(41)42)24-10-8-12-26(40(4,5)6)32(24)34(23)48-38(46)30-22-16-14-20(18-22)28(30)36(43)44/h7-16,19-22,27-30H,17-18H2,1-6H3,(H,41,42)(H,43,44). The molecule has 0 aromatic heterocycles. The molecule has 8 nitrogen and oxygen atoms in total. The number of ether oxygens (including phenoxy) is 2. The summed E-state index contributed by atoms with van der Waals surface area (Å²) in [5.74, 6) is -6.82. The van der Waals surface area contributed by atoms with Crippen molar-refractivity contribution in [2.75, 3.05) is 0 Å². The van der Waals surface area contributed by atoms with Crippen LogP contribution in [0.1, 0.15) is 65.5 Å². The van der Waals surface area contributed by atoms with Gasteiger partial charge in [-0.2, -0.15) is 0 Å². The lowest BCUT2D eigenvalue weighted by Crippen LogP contribution is -2.36. The summed E-state index contributed by atoms with van der Waals surface area (Å²) in [6.07, 6.45) is 8.86. The molecule has 3 aromatic carbocycles. The minimum atomic E-state index is -1.01. The molecule has 4 aliphatic rings. The maximum atomic E-state index is 14.2. The molecule has 4 aliphatic carbocycles. The Bertz CT molecular complexity index is 1810. The van der Waals surface area contributed by atoms with E-state index < -0.39 is 58.4 Å². The van der Waals surface area contributed by atoms with Crippen molar-refractivity contribution in [2.24, 2.45) is 47.3 Å². The molecule has 8 heteroatoms. The molecular weight excluding hydrogens is 608 g/mol. The number of rotatable bonds is 6. The van der Waals surface area contributed by atoms with Gasteiger partial charge in [-0.05, 0) is 58.5 Å². The highest BCUT2D eigenvalue weighted by molar-refractivity contribution is 6.15. The van der Waals surface area contributed by atoms with Gasteiger partial charge in [0.15, 0.2) is 0 Å². The van der Waals surface area contributed by atoms with Crippen LogP contribution in [-0.2, 0) is 30.0 Å². The number of esters is 2. The normalized spacial score (nSPS) is 28.8. The van der Waals surface area contributed by atoms with E-state index in [0.717, 1.165) is 11.1 Å². The molecule has 0 heterocycles. The Morgan fingerprint density at radius 1 is 0.562 bits per heavy atom. The predicted molar refractivity (Wildman–Crippen MR) is 181 cm³/mol. The highest BCUT2D eigenvalue weighted by Gasteiger charge is 2.54. The van der Waals surface area contributed by atoms with E-state index in [4.69, 9.17) is 9.47 Å². The van der Waals surface area contributed by atoms with Gasteiger partial charge in [-0.25, -0.2) is 0 Å². The van der Waals surface area contributed by atoms with Crippen LogP contribution < -0.4 is 9.47 Å². The first-order valence-corrected chi connectivity index (χ1v) is 16.9. The van der Waals surface area contributed by atoms with Crippen LogP contribution in [-0.4, -0.2) is 34.1 Å². The van der Waals surface area contributed by atoms with E-state index in [-0.39, 0.29) is 23.7 Å². The number of hydrogen-bond acceptors (Lipinski definition) is 6. The lowest BCUT2D eigenvalue weighted by atomic mass is 9.79. The van der Waals surface area contributed by atoms with Gasteiger partial charge in [0.2, 0.25) is 0 Å². The second kappa shape index (κ2) is 11.0. The van der Waals surface area contributed by atoms with Crippen molar-refractivity contribution in [3.05, 3.63) is 71.8 Å². The second-order valence-electron chi connectivity index (χ2n) is 16.1. The van der Waals surface area contributed by atoms with Crippen molar-refractivity contribution < 1.29 is 38.9 Å². The topological polar surface area (TPSA) is 127 Å². The van der Waals surface area contributed by atoms with Gasteiger partial charge in [0.25, 0.3) is 0 Å². The Hall–Kier alpha value is -4.46. The third kappa shape index (κ3) is 4.94. The molecule has 250 valence electrons. The molecule has 0 amide bonds. The number of carboxylic acids is 2. The van der Waals surface area contributed by atoms with E-state index in [1.807, 2.05) is 60.7 Å². The Balaban J connectivity index is 1.47. The van der Waals surface area contributed by atoms with Gasteiger partial charge in [-0.3, -0.25) is 19.2 Å². The van der Waals surface area contributed by atoms with Gasteiger partial charge in [0, 0.05) is 21.5 Å². The van der Waals surface area contributed by atoms with E-state index in [2.05, 4.69) is 41.5 Å². The largest absolute Gasteiger partial charge is 0.481 e. The molecule has 4 bridgehead atoms. The minimum Gasteiger partial charge on any atom is -0.481 e. The van der Waals surface area contributed by atoms with Crippen molar-refractivity contribution in [3.63, 3.8) is 0 Å². The maximum absolute atomic E-state index is 14.2. The van der Waals surface area contributed by atoms with Gasteiger partial charge >= 0.3 is 23.9 Å². The van der Waals surface area contributed by atoms with Crippen LogP contribution in [0, 0.1) is 47.3 Å². The van der Waals surface area contributed by atoms with Gasteiger partial charge in [0.1, 0.15) is 11.5 Å². The highest BCUT2D eigenvalue weighted by Crippen LogP contribution is 2.53. The highest BCUT2D eigenvalue weighted by atomic mass is 16.5. The molecule has 2 fully saturated rings. The number of aliphatic carboxylic acids is 2. The zero-order valence-corrected chi connectivity index (χ0v) is 28.2. The SMILES string of the molecule is CC(C)(C)c1cccc2c(OC(=O)C3C4C=CC(C4)C3C(=O)O)c3c(C(C)(C)C)cccc3c(OC(=O)C3C4C=CC(C4)C3C(=O)O)c12. The van der Waals surface area contributed by atoms with E-state index in [9.17, 15) is 29.4 Å². The number of allylic oxidation sites excluding steroid dienone is 4. The summed E-state index contributed by atoms with van der Waals surface area (Å²) < 4.78 is 12.9. The minimum absolute atomic E-state index is 0.215. The molecule has 0 radical (unpaired) electrons. The third-order valence-electron chi connectivity index (χ3n) is 11.1. The molecule has 2 N–H and O–H groups in total. The van der Waals surface area contributed by atoms with Crippen molar-refractivity contribution in [2.45, 2.75) is 65.2 Å². The smallest absolute Gasteiger partial charge is 0.315 e. The summed E-state index contributed by atoms with van der Waals surface area (Å²) in [5, 5.41) is 22.6. The monoisotopic (exact) mass is 650 g/mol. The van der Waals surface area contributed by atoms with Crippen molar-refractivity contribution in [1.29, 1.82) is 0 Å². The van der Waals surface area contributed by atoms with Crippen LogP contribution in [0.15, 0.2) is 60.7 Å². The van der Waals surface area contributed by atoms with Gasteiger partial charge in [0.05, 0.1) is 23.7 Å². The molecule has 8 atom stereocenters. The molecule has 0 aliphatic heterocycles. The number of benzene rings is 3. The van der Waals surface area contributed by atoms with Gasteiger partial charge < -0.3 is 19.7 Å². The quantitative estimate of drug-likeness (QED) is 0.122. The zero-order chi connectivity index (χ0) is 34.4. The lowest BCUT2D eigenvalue weighted by Gasteiger charge is -2.29. The Labute approximate surface area is 279 Å². The number of hydrogen-bond donors (Lipinski definition) is 2. The predicted octanol–water partition coefficient (Wildman–Crippen LogP) is 7.44. The fourth-order valence-electron chi connectivity index (χ4n) is 9.00. The summed E-state index contributed by atoms with van der Waals surface area (Å²) >= 11 is 0. The number of carboxylic acid groups (broad SMARTS) is 2. The summed E-state index contributed by atoms with van der Waals surface area (Å²) in [6.45, 7) is 12.3. The van der Waals surface area contributed by atoms with E-state index in [1.54, 1.807) is 0 Å². The molecule has 0 saturated heterocycles. The third-order valence-corrected chi connectivity index (χ3v) is 11.1. The van der Waals surface area contributed by atoms with Crippen molar-refractivity contribution in [3.8, 4) is 11.5 Å². The van der Waals surface area contributed by atoms with Crippen LogP contribution >= 0.6 is 0 Å². The maximum Gasteiger partial charge on any atom is 0.315 e. The number of carbonyl (C=O) groups excluding carboxylic acids is 2. The van der Waals surface area contributed by atoms with Crippen LogP contribution in [0.3, 0.4) is 0 Å². The lowest BCUT2D eigenvalue weighted by molar-refractivity contribution is -0.152. The molecular formula is C40H42O8. The molecule has 0 spiro atoms. The Kier molecular flexibility index (Phi) is 7.38. The van der Waals surface area contributed by atoms with E-state index >= 15 is 0 Å². The van der Waals surface area contributed by atoms with Crippen LogP contribution in [0.5, 0.6) is 11.5 Å². The van der Waals surface area contributed by atoms with E-state index in [1.165, 1.54) is 0 Å². The zero-order valence-electron chi connectivity index (χ0n) is 28.2. The van der Waals surface area contributed by atoms with Gasteiger partial charge in [-0.1, -0.05) is 102 Å². The van der Waals surface area contributed by atoms with Gasteiger partial charge in [-0.15, -0.1) is 0 Å². The molecule has 8 unspecified atom stereocenters. The van der Waals surface area contributed by atoms with Crippen LogP contribution in [0.25, 0.3) is 21.5 Å². The average Bonchev–Trinajstić information content (AvgIpc) is 3.82. The average molecular weight is 651 g/mol. The first-order chi connectivity index (χ1) is 22.6. The van der Waals surface area contributed by atoms with Crippen molar-refractivity contribution in [1.82, 2.24) is 0 Å².